The molecule has 0 unspecified atom stereocenters. The van der Waals surface area contributed by atoms with Crippen LogP contribution in [0.1, 0.15) is 0 Å². The van der Waals surface area contributed by atoms with Gasteiger partial charge in [-0.3, -0.25) is 4.72 Å². The second kappa shape index (κ2) is 6.94. The lowest BCUT2D eigenvalue weighted by molar-refractivity contribution is 0.563. The van der Waals surface area contributed by atoms with Crippen LogP contribution >= 0.6 is 0 Å². The maximum atomic E-state index is 13.0. The summed E-state index contributed by atoms with van der Waals surface area (Å²) in [6.07, 6.45) is 0. The Kier molecular flexibility index (Phi) is 4.44. The fourth-order valence-electron chi connectivity index (χ4n) is 2.81. The fraction of sp³-hybridized carbons (Fsp3) is 0. The van der Waals surface area contributed by atoms with E-state index in [9.17, 15) is 17.6 Å². The second-order valence-electron chi connectivity index (χ2n) is 6.12. The number of hydrogen-bond donors (Lipinski definition) is 1. The van der Waals surface area contributed by atoms with Gasteiger partial charge < -0.3 is 4.42 Å². The summed E-state index contributed by atoms with van der Waals surface area (Å²) in [5.74, 6) is -0.457. The van der Waals surface area contributed by atoms with Crippen molar-refractivity contribution in [2.75, 3.05) is 4.72 Å². The zero-order valence-corrected chi connectivity index (χ0v) is 15.2. The molecule has 0 saturated carbocycles. The van der Waals surface area contributed by atoms with E-state index in [-0.39, 0.29) is 10.6 Å². The monoisotopic (exact) mass is 395 g/mol. The molecule has 0 atom stereocenters. The summed E-state index contributed by atoms with van der Waals surface area (Å²) >= 11 is 0. The summed E-state index contributed by atoms with van der Waals surface area (Å²) in [5, 5.41) is 0.770. The van der Waals surface area contributed by atoms with Gasteiger partial charge in [-0.2, -0.15) is 0 Å². The smallest absolute Gasteiger partial charge is 0.344 e. The van der Waals surface area contributed by atoms with Crippen molar-refractivity contribution in [3.8, 4) is 11.1 Å². The van der Waals surface area contributed by atoms with Crippen molar-refractivity contribution in [1.29, 1.82) is 0 Å². The largest absolute Gasteiger partial charge is 0.422 e. The molecule has 0 amide bonds. The van der Waals surface area contributed by atoms with Gasteiger partial charge in [0, 0.05) is 11.1 Å². The first-order valence-electron chi connectivity index (χ1n) is 8.34. The zero-order chi connectivity index (χ0) is 19.7. The first kappa shape index (κ1) is 17.9. The Balaban J connectivity index is 1.66. The third kappa shape index (κ3) is 3.52. The molecule has 1 aromatic heterocycles. The molecule has 7 heteroatoms. The summed E-state index contributed by atoms with van der Waals surface area (Å²) in [6.45, 7) is 0. The summed E-state index contributed by atoms with van der Waals surface area (Å²) in [5.41, 5.74) is 1.12. The molecular formula is C21H14FNO4S. The van der Waals surface area contributed by atoms with E-state index in [1.807, 2.05) is 12.1 Å². The normalized spacial score (nSPS) is 11.5. The number of anilines is 1. The van der Waals surface area contributed by atoms with Crippen LogP contribution in [0.15, 0.2) is 93.0 Å². The van der Waals surface area contributed by atoms with Crippen molar-refractivity contribution in [1.82, 2.24) is 0 Å². The highest BCUT2D eigenvalue weighted by Crippen LogP contribution is 2.23. The highest BCUT2D eigenvalue weighted by Gasteiger charge is 2.15. The van der Waals surface area contributed by atoms with Gasteiger partial charge in [0.1, 0.15) is 11.4 Å². The number of fused-ring (bicyclic) bond motifs is 1. The Morgan fingerprint density at radius 1 is 0.857 bits per heavy atom. The molecule has 0 radical (unpaired) electrons. The molecule has 4 rings (SSSR count). The summed E-state index contributed by atoms with van der Waals surface area (Å²) in [6, 6.07) is 19.7. The Labute approximate surface area is 160 Å². The van der Waals surface area contributed by atoms with Crippen LogP contribution in [0.3, 0.4) is 0 Å². The molecule has 0 aliphatic rings. The van der Waals surface area contributed by atoms with Gasteiger partial charge in [0.05, 0.1) is 10.5 Å². The number of benzene rings is 3. The minimum Gasteiger partial charge on any atom is -0.422 e. The Morgan fingerprint density at radius 2 is 1.54 bits per heavy atom. The van der Waals surface area contributed by atoms with E-state index in [2.05, 4.69) is 4.72 Å². The van der Waals surface area contributed by atoms with E-state index in [1.54, 1.807) is 30.3 Å². The third-order valence-corrected chi connectivity index (χ3v) is 5.61. The highest BCUT2D eigenvalue weighted by atomic mass is 32.2. The zero-order valence-electron chi connectivity index (χ0n) is 14.4. The maximum absolute atomic E-state index is 13.0. The van der Waals surface area contributed by atoms with E-state index in [4.69, 9.17) is 4.42 Å². The lowest BCUT2D eigenvalue weighted by Gasteiger charge is -2.09. The molecule has 0 saturated heterocycles. The van der Waals surface area contributed by atoms with Gasteiger partial charge in [0.25, 0.3) is 10.0 Å². The van der Waals surface area contributed by atoms with Crippen LogP contribution < -0.4 is 10.3 Å². The van der Waals surface area contributed by atoms with Crippen molar-refractivity contribution in [2.45, 2.75) is 4.90 Å². The fourth-order valence-corrected chi connectivity index (χ4v) is 3.87. The molecule has 0 fully saturated rings. The molecule has 28 heavy (non-hydrogen) atoms. The molecule has 0 aliphatic carbocycles. The molecule has 0 spiro atoms. The lowest BCUT2D eigenvalue weighted by Crippen LogP contribution is -2.13. The topological polar surface area (TPSA) is 76.4 Å². The van der Waals surface area contributed by atoms with Crippen LogP contribution in [0.4, 0.5) is 10.1 Å². The quantitative estimate of drug-likeness (QED) is 0.520. The van der Waals surface area contributed by atoms with Crippen molar-refractivity contribution in [3.63, 3.8) is 0 Å². The second-order valence-corrected chi connectivity index (χ2v) is 7.80. The van der Waals surface area contributed by atoms with Crippen LogP contribution in [0, 0.1) is 5.82 Å². The van der Waals surface area contributed by atoms with Gasteiger partial charge in [0.2, 0.25) is 0 Å². The van der Waals surface area contributed by atoms with Crippen LogP contribution in [0.25, 0.3) is 22.1 Å². The molecule has 3 aromatic carbocycles. The van der Waals surface area contributed by atoms with Crippen LogP contribution in [-0.4, -0.2) is 8.42 Å². The first-order valence-corrected chi connectivity index (χ1v) is 9.82. The standard InChI is InChI=1S/C21H14FNO4S/c22-16-7-9-17(10-8-16)23-28(25,26)18-11-5-14(6-12-18)19-13-15-3-1-2-4-20(15)27-21(19)24/h1-13,23H. The summed E-state index contributed by atoms with van der Waals surface area (Å²) < 4.78 is 45.6. The molecule has 140 valence electrons. The van der Waals surface area contributed by atoms with E-state index in [0.29, 0.717) is 16.7 Å². The Hall–Kier alpha value is -3.45. The molecule has 0 aliphatic heterocycles. The summed E-state index contributed by atoms with van der Waals surface area (Å²) in [7, 11) is -3.84. The van der Waals surface area contributed by atoms with Crippen molar-refractivity contribution >= 4 is 26.7 Å². The van der Waals surface area contributed by atoms with Gasteiger partial charge >= 0.3 is 5.63 Å². The average molecular weight is 395 g/mol. The number of nitrogens with one attached hydrogen (secondary N) is 1. The van der Waals surface area contributed by atoms with E-state index < -0.39 is 21.5 Å². The minimum atomic E-state index is -3.84. The van der Waals surface area contributed by atoms with E-state index in [0.717, 1.165) is 5.39 Å². The maximum Gasteiger partial charge on any atom is 0.344 e. The molecule has 1 heterocycles. The average Bonchev–Trinajstić information content (AvgIpc) is 2.69. The minimum absolute atomic E-state index is 0.0192. The van der Waals surface area contributed by atoms with Crippen molar-refractivity contribution < 1.29 is 17.2 Å². The van der Waals surface area contributed by atoms with Crippen LogP contribution in [0.5, 0.6) is 0 Å². The molecule has 5 nitrogen and oxygen atoms in total. The van der Waals surface area contributed by atoms with Gasteiger partial charge in [-0.1, -0.05) is 30.3 Å². The molecular weight excluding hydrogens is 381 g/mol. The number of hydrogen-bond acceptors (Lipinski definition) is 4. The van der Waals surface area contributed by atoms with Crippen LogP contribution in [-0.2, 0) is 10.0 Å². The molecule has 1 N–H and O–H groups in total. The van der Waals surface area contributed by atoms with Gasteiger partial charge in [0.15, 0.2) is 0 Å². The summed E-state index contributed by atoms with van der Waals surface area (Å²) in [4.78, 5) is 12.3. The van der Waals surface area contributed by atoms with Crippen LogP contribution in [0.2, 0.25) is 0 Å². The van der Waals surface area contributed by atoms with Crippen molar-refractivity contribution in [3.05, 3.63) is 95.1 Å². The van der Waals surface area contributed by atoms with Crippen molar-refractivity contribution in [2.24, 2.45) is 0 Å². The Morgan fingerprint density at radius 3 is 2.25 bits per heavy atom. The predicted molar refractivity (Wildman–Crippen MR) is 105 cm³/mol. The number of para-hydroxylation sites is 1. The SMILES string of the molecule is O=c1oc2ccccc2cc1-c1ccc(S(=O)(=O)Nc2ccc(F)cc2)cc1. The van der Waals surface area contributed by atoms with Gasteiger partial charge in [-0.15, -0.1) is 0 Å². The molecule has 0 bridgehead atoms. The molecule has 4 aromatic rings. The van der Waals surface area contributed by atoms with Gasteiger partial charge in [-0.05, 0) is 54.1 Å². The number of rotatable bonds is 4. The number of halogens is 1. The highest BCUT2D eigenvalue weighted by molar-refractivity contribution is 7.92. The van der Waals surface area contributed by atoms with E-state index in [1.165, 1.54) is 36.4 Å². The third-order valence-electron chi connectivity index (χ3n) is 4.21. The van der Waals surface area contributed by atoms with Gasteiger partial charge in [-0.25, -0.2) is 17.6 Å². The first-order chi connectivity index (χ1) is 13.4. The lowest BCUT2D eigenvalue weighted by atomic mass is 10.1. The Bertz CT molecular complexity index is 1310. The predicted octanol–water partition coefficient (Wildman–Crippen LogP) is 4.40. The number of sulfonamides is 1. The van der Waals surface area contributed by atoms with E-state index >= 15 is 0 Å².